The van der Waals surface area contributed by atoms with Gasteiger partial charge in [0.05, 0.1) is 37.4 Å². The Morgan fingerprint density at radius 1 is 1.05 bits per heavy atom. The summed E-state index contributed by atoms with van der Waals surface area (Å²) in [5.41, 5.74) is 2.10. The standard InChI is InChI=1S/C40H58BN5O9/c1-7-10-33(41-54-32-20-28-19-30(25(28)2)40(32,6)55-41)42-35(47)31-21-29(53-38(50)45-22-26-11-8-9-12-27(26)23-45)24-46(31)36(48)34(39(3,4)5)43-37(49)52-18-15-44-13-16-51-17-14-44/h8-9,11-12,28-34H,2,7,10,13-24H2,1,3-6H3,(H,42,47)(H,43,49)/t28-,29+,30-,31-,32+,33-,34+,40-/m0/s1. The van der Waals surface area contributed by atoms with Gasteiger partial charge < -0.3 is 39.1 Å². The van der Waals surface area contributed by atoms with E-state index in [2.05, 4.69) is 29.0 Å². The van der Waals surface area contributed by atoms with E-state index in [0.717, 1.165) is 43.5 Å². The molecule has 4 heterocycles. The molecule has 2 bridgehead atoms. The fourth-order valence-electron chi connectivity index (χ4n) is 9.23. The number of ether oxygens (including phenoxy) is 3. The number of fused-ring (bicyclic) bond motifs is 1. The van der Waals surface area contributed by atoms with Crippen LogP contribution in [0.4, 0.5) is 9.59 Å². The quantitative estimate of drug-likeness (QED) is 0.253. The van der Waals surface area contributed by atoms with Gasteiger partial charge in [-0.05, 0) is 48.6 Å². The highest BCUT2D eigenvalue weighted by atomic mass is 16.7. The zero-order valence-corrected chi connectivity index (χ0v) is 33.1. The van der Waals surface area contributed by atoms with Crippen LogP contribution in [0.5, 0.6) is 0 Å². The summed E-state index contributed by atoms with van der Waals surface area (Å²) in [6.07, 6.45) is 1.31. The maximum atomic E-state index is 14.6. The van der Waals surface area contributed by atoms with Gasteiger partial charge in [-0.15, -0.1) is 0 Å². The zero-order chi connectivity index (χ0) is 39.1. The van der Waals surface area contributed by atoms with Crippen LogP contribution in [-0.4, -0.2) is 128 Å². The summed E-state index contributed by atoms with van der Waals surface area (Å²) >= 11 is 0. The third-order valence-electron chi connectivity index (χ3n) is 12.6. The Balaban J connectivity index is 1.06. The molecule has 6 fully saturated rings. The molecule has 1 aromatic rings. The van der Waals surface area contributed by atoms with Gasteiger partial charge in [-0.1, -0.05) is 70.5 Å². The molecule has 3 aliphatic carbocycles. The highest BCUT2D eigenvalue weighted by Gasteiger charge is 2.63. The monoisotopic (exact) mass is 763 g/mol. The molecule has 0 unspecified atom stereocenters. The van der Waals surface area contributed by atoms with Crippen molar-refractivity contribution < 1.29 is 42.7 Å². The second kappa shape index (κ2) is 16.1. The number of benzene rings is 1. The molecule has 1 aromatic carbocycles. The number of carbonyl (C=O) groups excluding carboxylic acids is 4. The molecule has 4 aliphatic heterocycles. The van der Waals surface area contributed by atoms with Crippen molar-refractivity contribution in [1.29, 1.82) is 0 Å². The summed E-state index contributed by atoms with van der Waals surface area (Å²) < 4.78 is 30.1. The first kappa shape index (κ1) is 39.6. The van der Waals surface area contributed by atoms with Gasteiger partial charge >= 0.3 is 19.3 Å². The van der Waals surface area contributed by atoms with Crippen LogP contribution in [0.3, 0.4) is 0 Å². The van der Waals surface area contributed by atoms with Crippen LogP contribution in [0.2, 0.25) is 0 Å². The largest absolute Gasteiger partial charge is 0.481 e. The summed E-state index contributed by atoms with van der Waals surface area (Å²) in [5, 5.41) is 5.99. The van der Waals surface area contributed by atoms with Crippen molar-refractivity contribution in [3.8, 4) is 0 Å². The maximum Gasteiger partial charge on any atom is 0.481 e. The van der Waals surface area contributed by atoms with Crippen molar-refractivity contribution in [3.05, 3.63) is 47.5 Å². The van der Waals surface area contributed by atoms with Crippen LogP contribution in [0.25, 0.3) is 0 Å². The number of rotatable bonds is 11. The van der Waals surface area contributed by atoms with Gasteiger partial charge in [-0.2, -0.15) is 0 Å². The molecule has 3 saturated heterocycles. The summed E-state index contributed by atoms with van der Waals surface area (Å²) in [7, 11) is -0.654. The van der Waals surface area contributed by atoms with Crippen LogP contribution in [-0.2, 0) is 46.2 Å². The Morgan fingerprint density at radius 2 is 1.76 bits per heavy atom. The van der Waals surface area contributed by atoms with Crippen LogP contribution in [0.1, 0.15) is 77.8 Å². The Bertz CT molecular complexity index is 1610. The fraction of sp³-hybridized carbons (Fsp3) is 0.700. The molecule has 8 rings (SSSR count). The molecule has 0 spiro atoms. The van der Waals surface area contributed by atoms with Crippen LogP contribution >= 0.6 is 0 Å². The Morgan fingerprint density at radius 3 is 2.42 bits per heavy atom. The number of morpholine rings is 1. The molecule has 14 nitrogen and oxygen atoms in total. The molecule has 0 aromatic heterocycles. The van der Waals surface area contributed by atoms with Gasteiger partial charge in [-0.25, -0.2) is 9.59 Å². The number of hydrogen-bond donors (Lipinski definition) is 2. The van der Waals surface area contributed by atoms with Gasteiger partial charge in [-0.3, -0.25) is 19.4 Å². The lowest BCUT2D eigenvalue weighted by Crippen LogP contribution is -2.59. The summed E-state index contributed by atoms with van der Waals surface area (Å²) in [5.74, 6) is -0.634. The number of likely N-dealkylation sites (tertiary alicyclic amines) is 1. The van der Waals surface area contributed by atoms with E-state index in [1.165, 1.54) is 10.5 Å². The molecular formula is C40H58BN5O9. The van der Waals surface area contributed by atoms with E-state index in [9.17, 15) is 19.2 Å². The lowest BCUT2D eigenvalue weighted by atomic mass is 9.54. The van der Waals surface area contributed by atoms with Gasteiger partial charge in [0.1, 0.15) is 24.8 Å². The fourth-order valence-corrected chi connectivity index (χ4v) is 9.23. The Kier molecular flexibility index (Phi) is 11.6. The number of alkyl carbamates (subject to hydrolysis) is 1. The molecule has 300 valence electrons. The molecule has 15 heteroatoms. The smallest absolute Gasteiger partial charge is 0.448 e. The van der Waals surface area contributed by atoms with Crippen molar-refractivity contribution in [2.24, 2.45) is 17.3 Å². The number of nitrogens with one attached hydrogen (secondary N) is 2. The summed E-state index contributed by atoms with van der Waals surface area (Å²) in [4.78, 5) is 60.9. The second-order valence-electron chi connectivity index (χ2n) is 17.4. The highest BCUT2D eigenvalue weighted by Crippen LogP contribution is 2.58. The average Bonchev–Trinajstić information content (AvgIpc) is 3.88. The summed E-state index contributed by atoms with van der Waals surface area (Å²) in [6, 6.07) is 5.86. The second-order valence-corrected chi connectivity index (χ2v) is 17.4. The van der Waals surface area contributed by atoms with E-state index in [-0.39, 0.29) is 37.5 Å². The van der Waals surface area contributed by atoms with E-state index in [1.54, 1.807) is 4.90 Å². The molecule has 7 aliphatic rings. The van der Waals surface area contributed by atoms with Crippen LogP contribution in [0.15, 0.2) is 36.4 Å². The number of carbonyl (C=O) groups is 4. The van der Waals surface area contributed by atoms with Crippen LogP contribution < -0.4 is 10.6 Å². The number of hydrogen-bond acceptors (Lipinski definition) is 10. The Hall–Kier alpha value is -3.66. The van der Waals surface area contributed by atoms with Gasteiger partial charge in [0.2, 0.25) is 11.8 Å². The minimum absolute atomic E-state index is 0.00994. The predicted octanol–water partition coefficient (Wildman–Crippen LogP) is 3.66. The first-order valence-electron chi connectivity index (χ1n) is 20.1. The summed E-state index contributed by atoms with van der Waals surface area (Å²) in [6.45, 7) is 18.3. The Labute approximate surface area is 325 Å². The average molecular weight is 764 g/mol. The normalized spacial score (nSPS) is 29.9. The molecule has 55 heavy (non-hydrogen) atoms. The number of amides is 4. The van der Waals surface area contributed by atoms with E-state index < -0.39 is 60.4 Å². The highest BCUT2D eigenvalue weighted by molar-refractivity contribution is 6.48. The molecular weight excluding hydrogens is 705 g/mol. The van der Waals surface area contributed by atoms with Crippen molar-refractivity contribution in [2.45, 2.75) is 116 Å². The molecule has 4 amide bonds. The lowest BCUT2D eigenvalue weighted by molar-refractivity contribution is -0.142. The van der Waals surface area contributed by atoms with Gasteiger partial charge in [0.15, 0.2) is 0 Å². The minimum Gasteiger partial charge on any atom is -0.448 e. The topological polar surface area (TPSA) is 148 Å². The molecule has 8 atom stereocenters. The van der Waals surface area contributed by atoms with E-state index in [1.807, 2.05) is 52.0 Å². The molecule has 2 N–H and O–H groups in total. The first-order valence-corrected chi connectivity index (χ1v) is 20.1. The third-order valence-corrected chi connectivity index (χ3v) is 12.6. The lowest BCUT2D eigenvalue weighted by Gasteiger charge is -2.55. The third kappa shape index (κ3) is 8.26. The zero-order valence-electron chi connectivity index (χ0n) is 33.1. The SMILES string of the molecule is C=C1[C@@H]2C[C@H]3OB([C@H](CCC)NC(=O)[C@@H]4C[C@@H](OC(=O)N5Cc6ccccc6C5)CN4C(=O)[C@@H](NC(=O)OCCN4CCOCC4)C(C)(C)C)O[C@@]3(C)[C@H]1C2. The molecule has 0 radical (unpaired) electrons. The maximum absolute atomic E-state index is 14.6. The minimum atomic E-state index is -1.03. The number of nitrogens with zero attached hydrogens (tertiary/aromatic N) is 3. The van der Waals surface area contributed by atoms with Gasteiger partial charge in [0.25, 0.3) is 0 Å². The molecule has 3 saturated carbocycles. The van der Waals surface area contributed by atoms with Crippen molar-refractivity contribution >= 4 is 31.1 Å². The van der Waals surface area contributed by atoms with E-state index in [0.29, 0.717) is 45.2 Å². The van der Waals surface area contributed by atoms with E-state index in [4.69, 9.17) is 23.5 Å². The first-order chi connectivity index (χ1) is 26.2. The van der Waals surface area contributed by atoms with Gasteiger partial charge in [0, 0.05) is 45.1 Å². The van der Waals surface area contributed by atoms with Crippen molar-refractivity contribution in [1.82, 2.24) is 25.3 Å². The van der Waals surface area contributed by atoms with Crippen LogP contribution in [0, 0.1) is 17.3 Å². The van der Waals surface area contributed by atoms with Crippen molar-refractivity contribution in [3.63, 3.8) is 0 Å². The van der Waals surface area contributed by atoms with E-state index >= 15 is 0 Å². The predicted molar refractivity (Wildman–Crippen MR) is 203 cm³/mol. The van der Waals surface area contributed by atoms with Crippen molar-refractivity contribution in [2.75, 3.05) is 46.0 Å².